The number of hydrogen-bond donors (Lipinski definition) is 1. The number of halogens is 2. The standard InChI is InChI=1S/C23H28Cl2N2O4S/c1-3-22(17-7-9-19(31-2)10-8-17)26-23(28)18-5-4-12-27(14-18)32(29,30)15-16-6-11-20(24)21(25)13-16/h6-11,13,18,22H,3-5,12,14-15H2,1-2H3,(H,26,28)/t18-,22+/m0/s1. The molecular weight excluding hydrogens is 471 g/mol. The van der Waals surface area contributed by atoms with Gasteiger partial charge in [0, 0.05) is 13.1 Å². The molecule has 0 aliphatic carbocycles. The zero-order valence-electron chi connectivity index (χ0n) is 18.2. The summed E-state index contributed by atoms with van der Waals surface area (Å²) in [6, 6.07) is 12.3. The van der Waals surface area contributed by atoms with Crippen LogP contribution in [0.1, 0.15) is 43.4 Å². The maximum absolute atomic E-state index is 13.0. The lowest BCUT2D eigenvalue weighted by Crippen LogP contribution is -2.46. The Balaban J connectivity index is 1.65. The first-order chi connectivity index (χ1) is 15.2. The molecule has 0 bridgehead atoms. The second kappa shape index (κ2) is 10.9. The van der Waals surface area contributed by atoms with Gasteiger partial charge in [-0.15, -0.1) is 0 Å². The Labute approximate surface area is 199 Å². The van der Waals surface area contributed by atoms with Crippen molar-refractivity contribution in [2.24, 2.45) is 5.92 Å². The van der Waals surface area contributed by atoms with Crippen molar-refractivity contribution in [1.82, 2.24) is 9.62 Å². The summed E-state index contributed by atoms with van der Waals surface area (Å²) in [6.07, 6.45) is 2.02. The molecule has 9 heteroatoms. The first-order valence-electron chi connectivity index (χ1n) is 10.6. The van der Waals surface area contributed by atoms with Crippen LogP contribution in [0.4, 0.5) is 0 Å². The van der Waals surface area contributed by atoms with E-state index in [1.807, 2.05) is 31.2 Å². The molecule has 174 valence electrons. The molecule has 0 radical (unpaired) electrons. The van der Waals surface area contributed by atoms with E-state index in [1.165, 1.54) is 4.31 Å². The minimum atomic E-state index is -3.59. The average Bonchev–Trinajstić information content (AvgIpc) is 2.79. The van der Waals surface area contributed by atoms with Gasteiger partial charge in [-0.1, -0.05) is 48.3 Å². The van der Waals surface area contributed by atoms with Gasteiger partial charge < -0.3 is 10.1 Å². The van der Waals surface area contributed by atoms with Crippen molar-refractivity contribution in [2.75, 3.05) is 20.2 Å². The van der Waals surface area contributed by atoms with Gasteiger partial charge in [0.15, 0.2) is 0 Å². The Morgan fingerprint density at radius 3 is 2.53 bits per heavy atom. The minimum absolute atomic E-state index is 0.123. The molecule has 1 N–H and O–H groups in total. The number of ether oxygens (including phenoxy) is 1. The van der Waals surface area contributed by atoms with Crippen LogP contribution >= 0.6 is 23.2 Å². The number of sulfonamides is 1. The lowest BCUT2D eigenvalue weighted by molar-refractivity contribution is -0.126. The number of rotatable bonds is 8. The van der Waals surface area contributed by atoms with E-state index < -0.39 is 10.0 Å². The fraction of sp³-hybridized carbons (Fsp3) is 0.435. The molecule has 2 atom stereocenters. The normalized spacial score (nSPS) is 18.2. The number of carbonyl (C=O) groups is 1. The van der Waals surface area contributed by atoms with Crippen LogP contribution in [-0.2, 0) is 20.6 Å². The molecule has 1 saturated heterocycles. The SMILES string of the molecule is CC[C@@H](NC(=O)[C@H]1CCCN(S(=O)(=O)Cc2ccc(Cl)c(Cl)c2)C1)c1ccc(OC)cc1. The van der Waals surface area contributed by atoms with E-state index in [-0.39, 0.29) is 30.2 Å². The Kier molecular flexibility index (Phi) is 8.44. The zero-order chi connectivity index (χ0) is 23.3. The molecular formula is C23H28Cl2N2O4S. The molecule has 0 saturated carbocycles. The van der Waals surface area contributed by atoms with Crippen LogP contribution in [-0.4, -0.2) is 38.8 Å². The summed E-state index contributed by atoms with van der Waals surface area (Å²) < 4.78 is 32.6. The number of methoxy groups -OCH3 is 1. The van der Waals surface area contributed by atoms with Crippen molar-refractivity contribution in [2.45, 2.75) is 38.0 Å². The number of piperidine rings is 1. The van der Waals surface area contributed by atoms with E-state index >= 15 is 0 Å². The molecule has 1 aliphatic heterocycles. The minimum Gasteiger partial charge on any atom is -0.497 e. The molecule has 3 rings (SSSR count). The van der Waals surface area contributed by atoms with E-state index in [4.69, 9.17) is 27.9 Å². The summed E-state index contributed by atoms with van der Waals surface area (Å²) in [4.78, 5) is 13.0. The van der Waals surface area contributed by atoms with Crippen molar-refractivity contribution in [3.63, 3.8) is 0 Å². The molecule has 1 aliphatic rings. The highest BCUT2D eigenvalue weighted by Crippen LogP contribution is 2.27. The highest BCUT2D eigenvalue weighted by atomic mass is 35.5. The van der Waals surface area contributed by atoms with E-state index in [1.54, 1.807) is 25.3 Å². The summed E-state index contributed by atoms with van der Waals surface area (Å²) in [5, 5.41) is 3.79. The monoisotopic (exact) mass is 498 g/mol. The van der Waals surface area contributed by atoms with Gasteiger partial charge in [-0.25, -0.2) is 12.7 Å². The number of benzene rings is 2. The first-order valence-corrected chi connectivity index (χ1v) is 13.0. The molecule has 0 unspecified atom stereocenters. The second-order valence-electron chi connectivity index (χ2n) is 7.94. The summed E-state index contributed by atoms with van der Waals surface area (Å²) in [7, 11) is -1.98. The van der Waals surface area contributed by atoms with Gasteiger partial charge in [0.1, 0.15) is 5.75 Å². The lowest BCUT2D eigenvalue weighted by Gasteiger charge is -2.32. The molecule has 2 aromatic carbocycles. The van der Waals surface area contributed by atoms with Gasteiger partial charge in [0.2, 0.25) is 15.9 Å². The zero-order valence-corrected chi connectivity index (χ0v) is 20.5. The average molecular weight is 499 g/mol. The molecule has 1 fully saturated rings. The van der Waals surface area contributed by atoms with Crippen LogP contribution in [0.15, 0.2) is 42.5 Å². The van der Waals surface area contributed by atoms with Crippen molar-refractivity contribution in [3.8, 4) is 5.75 Å². The number of nitrogens with zero attached hydrogens (tertiary/aromatic N) is 1. The van der Waals surface area contributed by atoms with Gasteiger partial charge in [-0.2, -0.15) is 0 Å². The molecule has 1 heterocycles. The van der Waals surface area contributed by atoms with Crippen molar-refractivity contribution < 1.29 is 17.9 Å². The molecule has 0 aromatic heterocycles. The molecule has 0 spiro atoms. The number of carbonyl (C=O) groups excluding carboxylic acids is 1. The number of amides is 1. The van der Waals surface area contributed by atoms with Gasteiger partial charge in [0.25, 0.3) is 0 Å². The van der Waals surface area contributed by atoms with Crippen LogP contribution in [0.25, 0.3) is 0 Å². The third-order valence-electron chi connectivity index (χ3n) is 5.72. The van der Waals surface area contributed by atoms with Crippen LogP contribution in [0.2, 0.25) is 10.0 Å². The lowest BCUT2D eigenvalue weighted by atomic mass is 9.97. The second-order valence-corrected chi connectivity index (χ2v) is 10.7. The molecule has 2 aromatic rings. The van der Waals surface area contributed by atoms with Crippen molar-refractivity contribution >= 4 is 39.1 Å². The van der Waals surface area contributed by atoms with Crippen LogP contribution in [0.5, 0.6) is 5.75 Å². The van der Waals surface area contributed by atoms with Gasteiger partial charge in [0.05, 0.1) is 34.9 Å². The summed E-state index contributed by atoms with van der Waals surface area (Å²) in [5.74, 6) is 0.0635. The van der Waals surface area contributed by atoms with Gasteiger partial charge in [-0.05, 0) is 54.7 Å². The van der Waals surface area contributed by atoms with Crippen molar-refractivity contribution in [3.05, 3.63) is 63.6 Å². The first kappa shape index (κ1) is 24.8. The maximum Gasteiger partial charge on any atom is 0.224 e. The third-order valence-corrected chi connectivity index (χ3v) is 8.28. The predicted molar refractivity (Wildman–Crippen MR) is 128 cm³/mol. The van der Waals surface area contributed by atoms with E-state index in [0.717, 1.165) is 17.7 Å². The molecule has 1 amide bonds. The summed E-state index contributed by atoms with van der Waals surface area (Å²) in [5.41, 5.74) is 1.55. The number of nitrogens with one attached hydrogen (secondary N) is 1. The number of hydrogen-bond acceptors (Lipinski definition) is 4. The Hall–Kier alpha value is -1.80. The quantitative estimate of drug-likeness (QED) is 0.566. The Morgan fingerprint density at radius 2 is 1.91 bits per heavy atom. The van der Waals surface area contributed by atoms with E-state index in [0.29, 0.717) is 35.0 Å². The van der Waals surface area contributed by atoms with E-state index in [2.05, 4.69) is 5.32 Å². The predicted octanol–water partition coefficient (Wildman–Crippen LogP) is 4.81. The van der Waals surface area contributed by atoms with E-state index in [9.17, 15) is 13.2 Å². The Morgan fingerprint density at radius 1 is 1.19 bits per heavy atom. The Bertz CT molecular complexity index is 1040. The van der Waals surface area contributed by atoms with Crippen LogP contribution in [0.3, 0.4) is 0 Å². The van der Waals surface area contributed by atoms with Crippen LogP contribution < -0.4 is 10.1 Å². The van der Waals surface area contributed by atoms with Crippen LogP contribution in [0, 0.1) is 5.92 Å². The van der Waals surface area contributed by atoms with Gasteiger partial charge in [-0.3, -0.25) is 4.79 Å². The largest absolute Gasteiger partial charge is 0.497 e. The molecule has 32 heavy (non-hydrogen) atoms. The summed E-state index contributed by atoms with van der Waals surface area (Å²) in [6.45, 7) is 2.59. The molecule has 6 nitrogen and oxygen atoms in total. The fourth-order valence-corrected chi connectivity index (χ4v) is 5.81. The third kappa shape index (κ3) is 6.16. The summed E-state index contributed by atoms with van der Waals surface area (Å²) >= 11 is 11.9. The highest BCUT2D eigenvalue weighted by Gasteiger charge is 2.33. The highest BCUT2D eigenvalue weighted by molar-refractivity contribution is 7.88. The smallest absolute Gasteiger partial charge is 0.224 e. The fourth-order valence-electron chi connectivity index (χ4n) is 3.89. The van der Waals surface area contributed by atoms with Gasteiger partial charge >= 0.3 is 0 Å². The van der Waals surface area contributed by atoms with Crippen molar-refractivity contribution in [1.29, 1.82) is 0 Å². The maximum atomic E-state index is 13.0. The topological polar surface area (TPSA) is 75.7 Å².